The minimum absolute atomic E-state index is 0.0905. The first-order valence-electron chi connectivity index (χ1n) is 10.5. The molecule has 3 aliphatic rings. The predicted octanol–water partition coefficient (Wildman–Crippen LogP) is 2.53. The molecule has 1 aliphatic heterocycles. The number of carbonyl (C=O) groups is 2. The van der Waals surface area contributed by atoms with Gasteiger partial charge in [-0.05, 0) is 25.7 Å². The van der Waals surface area contributed by atoms with Gasteiger partial charge in [0.25, 0.3) is 0 Å². The summed E-state index contributed by atoms with van der Waals surface area (Å²) in [6, 6.07) is 0.362. The molecule has 7 nitrogen and oxygen atoms in total. The second-order valence-electron chi connectivity index (χ2n) is 7.98. The van der Waals surface area contributed by atoms with Crippen molar-refractivity contribution >= 4 is 40.0 Å². The van der Waals surface area contributed by atoms with Crippen LogP contribution in [0.2, 0.25) is 0 Å². The van der Waals surface area contributed by atoms with E-state index in [1.807, 2.05) is 4.90 Å². The van der Waals surface area contributed by atoms with E-state index < -0.39 is 0 Å². The van der Waals surface area contributed by atoms with E-state index in [-0.39, 0.29) is 11.8 Å². The molecule has 28 heavy (non-hydrogen) atoms. The number of nitrogens with one attached hydrogen (secondary N) is 1. The second kappa shape index (κ2) is 9.43. The third-order valence-corrected chi connectivity index (χ3v) is 8.13. The molecule has 2 heterocycles. The maximum Gasteiger partial charge on any atom is 0.230 e. The van der Waals surface area contributed by atoms with Crippen molar-refractivity contribution in [2.75, 3.05) is 36.8 Å². The van der Waals surface area contributed by atoms with Crippen LogP contribution >= 0.6 is 23.1 Å². The van der Waals surface area contributed by atoms with Gasteiger partial charge in [-0.3, -0.25) is 9.59 Å². The summed E-state index contributed by atoms with van der Waals surface area (Å²) in [6.45, 7) is 3.14. The van der Waals surface area contributed by atoms with E-state index >= 15 is 0 Å². The summed E-state index contributed by atoms with van der Waals surface area (Å²) in [4.78, 5) is 28.9. The van der Waals surface area contributed by atoms with Crippen molar-refractivity contribution in [3.8, 4) is 0 Å². The fourth-order valence-corrected chi connectivity index (χ4v) is 6.11. The molecule has 2 amide bonds. The van der Waals surface area contributed by atoms with Crippen molar-refractivity contribution in [3.63, 3.8) is 0 Å². The normalized spacial score (nSPS) is 21.4. The van der Waals surface area contributed by atoms with Gasteiger partial charge in [-0.15, -0.1) is 10.2 Å². The Morgan fingerprint density at radius 2 is 1.68 bits per heavy atom. The molecule has 1 aromatic rings. The Balaban J connectivity index is 1.21. The van der Waals surface area contributed by atoms with Crippen LogP contribution in [0.3, 0.4) is 0 Å². The number of hydrogen-bond acceptors (Lipinski definition) is 7. The number of aromatic nitrogens is 2. The Morgan fingerprint density at radius 1 is 1.00 bits per heavy atom. The summed E-state index contributed by atoms with van der Waals surface area (Å²) in [5.74, 6) is 1.09. The summed E-state index contributed by atoms with van der Waals surface area (Å²) in [7, 11) is 0. The number of piperazine rings is 1. The number of amides is 2. The quantitative estimate of drug-likeness (QED) is 0.709. The summed E-state index contributed by atoms with van der Waals surface area (Å²) >= 11 is 3.00. The minimum Gasteiger partial charge on any atom is -0.353 e. The van der Waals surface area contributed by atoms with Gasteiger partial charge in [0.2, 0.25) is 16.9 Å². The lowest BCUT2D eigenvalue weighted by Gasteiger charge is -2.35. The first-order valence-corrected chi connectivity index (χ1v) is 12.3. The van der Waals surface area contributed by atoms with Gasteiger partial charge in [0.15, 0.2) is 4.34 Å². The highest BCUT2D eigenvalue weighted by molar-refractivity contribution is 8.01. The average molecular weight is 424 g/mol. The molecular formula is C19H29N5O2S2. The Hall–Kier alpha value is -1.35. The van der Waals surface area contributed by atoms with Crippen LogP contribution in [0.25, 0.3) is 0 Å². The van der Waals surface area contributed by atoms with Crippen LogP contribution in [0.15, 0.2) is 4.34 Å². The molecule has 0 unspecified atom stereocenters. The third-order valence-electron chi connectivity index (χ3n) is 6.01. The molecule has 2 saturated carbocycles. The molecule has 9 heteroatoms. The highest BCUT2D eigenvalue weighted by atomic mass is 32.2. The second-order valence-corrected chi connectivity index (χ2v) is 10.2. The zero-order valence-corrected chi connectivity index (χ0v) is 17.9. The van der Waals surface area contributed by atoms with Crippen LogP contribution in [-0.4, -0.2) is 64.9 Å². The lowest BCUT2D eigenvalue weighted by Crippen LogP contribution is -2.50. The summed E-state index contributed by atoms with van der Waals surface area (Å²) in [6.07, 6.45) is 9.16. The van der Waals surface area contributed by atoms with Crippen LogP contribution in [0.1, 0.15) is 51.4 Å². The Bertz CT molecular complexity index is 678. The van der Waals surface area contributed by atoms with Crippen molar-refractivity contribution in [1.29, 1.82) is 0 Å². The number of thioether (sulfide) groups is 1. The molecule has 2 aliphatic carbocycles. The molecule has 1 aromatic heterocycles. The van der Waals surface area contributed by atoms with Crippen LogP contribution < -0.4 is 10.2 Å². The van der Waals surface area contributed by atoms with Crippen molar-refractivity contribution in [3.05, 3.63) is 0 Å². The fraction of sp³-hybridized carbons (Fsp3) is 0.789. The molecule has 0 spiro atoms. The fourth-order valence-electron chi connectivity index (χ4n) is 4.40. The van der Waals surface area contributed by atoms with Crippen LogP contribution in [0, 0.1) is 5.92 Å². The monoisotopic (exact) mass is 423 g/mol. The number of carbonyl (C=O) groups excluding carboxylic acids is 2. The van der Waals surface area contributed by atoms with E-state index in [0.717, 1.165) is 61.3 Å². The summed E-state index contributed by atoms with van der Waals surface area (Å²) in [5.41, 5.74) is 0. The molecule has 0 atom stereocenters. The Kier molecular flexibility index (Phi) is 6.72. The SMILES string of the molecule is O=C(CSc1nnc(N2CCN(C(=O)C3CCCC3)CC2)s1)NC1CCCC1. The van der Waals surface area contributed by atoms with Gasteiger partial charge in [0.05, 0.1) is 5.75 Å². The van der Waals surface area contributed by atoms with E-state index in [9.17, 15) is 9.59 Å². The van der Waals surface area contributed by atoms with Gasteiger partial charge in [-0.2, -0.15) is 0 Å². The maximum absolute atomic E-state index is 12.6. The smallest absolute Gasteiger partial charge is 0.230 e. The van der Waals surface area contributed by atoms with Crippen LogP contribution in [0.4, 0.5) is 5.13 Å². The lowest BCUT2D eigenvalue weighted by atomic mass is 10.1. The van der Waals surface area contributed by atoms with Gasteiger partial charge in [-0.25, -0.2) is 0 Å². The topological polar surface area (TPSA) is 78.4 Å². The van der Waals surface area contributed by atoms with Crippen molar-refractivity contribution in [1.82, 2.24) is 20.4 Å². The van der Waals surface area contributed by atoms with Gasteiger partial charge in [0.1, 0.15) is 0 Å². The molecule has 0 radical (unpaired) electrons. The maximum atomic E-state index is 12.6. The third kappa shape index (κ3) is 4.97. The van der Waals surface area contributed by atoms with E-state index in [4.69, 9.17) is 0 Å². The van der Waals surface area contributed by atoms with E-state index in [1.54, 1.807) is 11.3 Å². The van der Waals surface area contributed by atoms with E-state index in [0.29, 0.717) is 17.7 Å². The minimum atomic E-state index is 0.0905. The summed E-state index contributed by atoms with van der Waals surface area (Å²) < 4.78 is 0.834. The van der Waals surface area contributed by atoms with Crippen LogP contribution in [0.5, 0.6) is 0 Å². The number of anilines is 1. The van der Waals surface area contributed by atoms with Crippen molar-refractivity contribution < 1.29 is 9.59 Å². The molecule has 154 valence electrons. The Morgan fingerprint density at radius 3 is 2.39 bits per heavy atom. The number of hydrogen-bond donors (Lipinski definition) is 1. The molecule has 4 rings (SSSR count). The zero-order chi connectivity index (χ0) is 19.3. The largest absolute Gasteiger partial charge is 0.353 e. The highest BCUT2D eigenvalue weighted by Gasteiger charge is 2.30. The molecule has 0 bridgehead atoms. The predicted molar refractivity (Wildman–Crippen MR) is 112 cm³/mol. The van der Waals surface area contributed by atoms with E-state index in [1.165, 1.54) is 37.4 Å². The molecular weight excluding hydrogens is 394 g/mol. The number of rotatable bonds is 6. The van der Waals surface area contributed by atoms with Crippen molar-refractivity contribution in [2.24, 2.45) is 5.92 Å². The number of nitrogens with zero attached hydrogens (tertiary/aromatic N) is 4. The van der Waals surface area contributed by atoms with Crippen LogP contribution in [-0.2, 0) is 9.59 Å². The highest BCUT2D eigenvalue weighted by Crippen LogP contribution is 2.30. The molecule has 3 fully saturated rings. The standard InChI is InChI=1S/C19H29N5O2S2/c25-16(20-15-7-3-4-8-15)13-27-19-22-21-18(28-19)24-11-9-23(10-12-24)17(26)14-5-1-2-6-14/h14-15H,1-13H2,(H,20,25). The van der Waals surface area contributed by atoms with Gasteiger partial charge < -0.3 is 15.1 Å². The zero-order valence-electron chi connectivity index (χ0n) is 16.3. The Labute approximate surface area is 174 Å². The molecule has 1 N–H and O–H groups in total. The lowest BCUT2D eigenvalue weighted by molar-refractivity contribution is -0.135. The van der Waals surface area contributed by atoms with Gasteiger partial charge in [-0.1, -0.05) is 48.8 Å². The van der Waals surface area contributed by atoms with Gasteiger partial charge in [0, 0.05) is 38.1 Å². The molecule has 0 aromatic carbocycles. The molecule has 1 saturated heterocycles. The first-order chi connectivity index (χ1) is 13.7. The van der Waals surface area contributed by atoms with Gasteiger partial charge >= 0.3 is 0 Å². The van der Waals surface area contributed by atoms with E-state index in [2.05, 4.69) is 20.4 Å². The van der Waals surface area contributed by atoms with Crippen molar-refractivity contribution in [2.45, 2.75) is 61.7 Å². The first kappa shape index (κ1) is 19.9. The average Bonchev–Trinajstić information content (AvgIpc) is 3.48. The summed E-state index contributed by atoms with van der Waals surface area (Å²) in [5, 5.41) is 12.6.